The molecule has 0 aliphatic rings. The third-order valence-corrected chi connectivity index (χ3v) is 2.49. The van der Waals surface area contributed by atoms with Gasteiger partial charge in [-0.2, -0.15) is 0 Å². The molecule has 2 aromatic heterocycles. The average molecular weight is 229 g/mol. The van der Waals surface area contributed by atoms with E-state index in [1.165, 1.54) is 0 Å². The van der Waals surface area contributed by atoms with Crippen molar-refractivity contribution in [3.8, 4) is 0 Å². The number of hydrogen-bond acceptors (Lipinski definition) is 3. The number of ketones is 1. The van der Waals surface area contributed by atoms with Crippen LogP contribution in [-0.2, 0) is 6.54 Å². The Morgan fingerprint density at radius 3 is 2.82 bits per heavy atom. The van der Waals surface area contributed by atoms with Gasteiger partial charge in [0.2, 0.25) is 0 Å². The highest BCUT2D eigenvalue weighted by Gasteiger charge is 2.06. The van der Waals surface area contributed by atoms with Gasteiger partial charge in [-0.05, 0) is 18.6 Å². The van der Waals surface area contributed by atoms with Crippen LogP contribution in [0.4, 0.5) is 0 Å². The molecule has 0 N–H and O–H groups in total. The molecule has 17 heavy (non-hydrogen) atoms. The molecule has 0 atom stereocenters. The zero-order chi connectivity index (χ0) is 12.1. The highest BCUT2D eigenvalue weighted by Crippen LogP contribution is 2.07. The summed E-state index contributed by atoms with van der Waals surface area (Å²) in [6.45, 7) is 2.60. The van der Waals surface area contributed by atoms with Crippen molar-refractivity contribution in [3.05, 3.63) is 48.3 Å². The molecule has 4 nitrogen and oxygen atoms in total. The molecule has 0 aliphatic heterocycles. The molecule has 2 rings (SSSR count). The van der Waals surface area contributed by atoms with E-state index in [4.69, 9.17) is 0 Å². The zero-order valence-corrected chi connectivity index (χ0v) is 9.84. The minimum absolute atomic E-state index is 0.195. The summed E-state index contributed by atoms with van der Waals surface area (Å²) in [6, 6.07) is 3.64. The quantitative estimate of drug-likeness (QED) is 0.739. The fourth-order valence-corrected chi connectivity index (χ4v) is 1.65. The fourth-order valence-electron chi connectivity index (χ4n) is 1.65. The molecule has 0 saturated heterocycles. The molecular formula is C13H15N3O. The molecule has 2 aromatic rings. The number of carbonyl (C=O) groups excluding carboxylic acids is 1. The van der Waals surface area contributed by atoms with Crippen molar-refractivity contribution in [3.63, 3.8) is 0 Å². The first-order valence-corrected chi connectivity index (χ1v) is 5.74. The summed E-state index contributed by atoms with van der Waals surface area (Å²) in [4.78, 5) is 20.0. The van der Waals surface area contributed by atoms with Gasteiger partial charge in [-0.25, -0.2) is 9.97 Å². The Balaban J connectivity index is 2.06. The first-order chi connectivity index (χ1) is 8.29. The summed E-state index contributed by atoms with van der Waals surface area (Å²) in [5.74, 6) is 0.942. The molecule has 0 aliphatic carbocycles. The van der Waals surface area contributed by atoms with Crippen LogP contribution in [0.15, 0.2) is 36.9 Å². The van der Waals surface area contributed by atoms with Crippen molar-refractivity contribution < 1.29 is 4.79 Å². The summed E-state index contributed by atoms with van der Waals surface area (Å²) < 4.78 is 1.93. The van der Waals surface area contributed by atoms with E-state index in [1.807, 2.05) is 30.0 Å². The number of carbonyl (C=O) groups is 1. The monoisotopic (exact) mass is 229 g/mol. The minimum atomic E-state index is 0.195. The molecule has 0 saturated carbocycles. The Bertz CT molecular complexity index is 490. The van der Waals surface area contributed by atoms with Gasteiger partial charge in [0.1, 0.15) is 5.82 Å². The predicted molar refractivity (Wildman–Crippen MR) is 64.8 cm³/mol. The number of Topliss-reactive ketones (excluding diaryl/α,β-unsaturated/α-hetero) is 1. The smallest absolute Gasteiger partial charge is 0.164 e. The lowest BCUT2D eigenvalue weighted by Gasteiger charge is -2.00. The lowest BCUT2D eigenvalue weighted by molar-refractivity contribution is 0.0981. The predicted octanol–water partition coefficient (Wildman–Crippen LogP) is 2.31. The molecule has 2 heterocycles. The SMILES string of the molecule is CCCC(=O)c1ccn(Cc2ncccn2)c1. The van der Waals surface area contributed by atoms with Crippen LogP contribution in [0.2, 0.25) is 0 Å². The maximum atomic E-state index is 11.7. The van der Waals surface area contributed by atoms with Crippen LogP contribution in [0, 0.1) is 0 Å². The molecule has 0 amide bonds. The van der Waals surface area contributed by atoms with Crippen molar-refractivity contribution in [2.24, 2.45) is 0 Å². The van der Waals surface area contributed by atoms with Crippen LogP contribution in [0.5, 0.6) is 0 Å². The summed E-state index contributed by atoms with van der Waals surface area (Å²) in [5, 5.41) is 0. The minimum Gasteiger partial charge on any atom is -0.346 e. The second-order valence-electron chi connectivity index (χ2n) is 3.91. The van der Waals surface area contributed by atoms with E-state index in [0.29, 0.717) is 13.0 Å². The topological polar surface area (TPSA) is 47.8 Å². The number of nitrogens with zero attached hydrogens (tertiary/aromatic N) is 3. The average Bonchev–Trinajstić information content (AvgIpc) is 2.79. The normalized spacial score (nSPS) is 10.4. The van der Waals surface area contributed by atoms with Gasteiger partial charge in [-0.3, -0.25) is 4.79 Å². The van der Waals surface area contributed by atoms with Crippen LogP contribution < -0.4 is 0 Å². The van der Waals surface area contributed by atoms with Gasteiger partial charge in [0, 0.05) is 36.8 Å². The Labute approximate surface area is 100 Å². The van der Waals surface area contributed by atoms with Gasteiger partial charge in [0.05, 0.1) is 6.54 Å². The molecule has 0 fully saturated rings. The van der Waals surface area contributed by atoms with Crippen LogP contribution in [0.1, 0.15) is 35.9 Å². The third kappa shape index (κ3) is 3.00. The maximum absolute atomic E-state index is 11.7. The molecule has 0 bridgehead atoms. The van der Waals surface area contributed by atoms with Gasteiger partial charge in [-0.15, -0.1) is 0 Å². The highest BCUT2D eigenvalue weighted by molar-refractivity contribution is 5.95. The lowest BCUT2D eigenvalue weighted by atomic mass is 10.1. The van der Waals surface area contributed by atoms with E-state index in [0.717, 1.165) is 17.8 Å². The van der Waals surface area contributed by atoms with E-state index >= 15 is 0 Å². The number of rotatable bonds is 5. The second-order valence-corrected chi connectivity index (χ2v) is 3.91. The maximum Gasteiger partial charge on any atom is 0.164 e. The summed E-state index contributed by atoms with van der Waals surface area (Å²) >= 11 is 0. The standard InChI is InChI=1S/C13H15N3O/c1-2-4-12(17)11-5-8-16(9-11)10-13-14-6-3-7-15-13/h3,5-9H,2,4,10H2,1H3. The van der Waals surface area contributed by atoms with Crippen molar-refractivity contribution in [1.29, 1.82) is 0 Å². The Hall–Kier alpha value is -1.97. The third-order valence-electron chi connectivity index (χ3n) is 2.49. The molecule has 0 aromatic carbocycles. The molecule has 0 radical (unpaired) electrons. The Morgan fingerprint density at radius 2 is 2.12 bits per heavy atom. The van der Waals surface area contributed by atoms with E-state index in [9.17, 15) is 4.79 Å². The molecule has 4 heteroatoms. The van der Waals surface area contributed by atoms with Crippen LogP contribution in [0.25, 0.3) is 0 Å². The van der Waals surface area contributed by atoms with Gasteiger partial charge >= 0.3 is 0 Å². The molecule has 0 unspecified atom stereocenters. The summed E-state index contributed by atoms with van der Waals surface area (Å²) in [6.07, 6.45) is 8.66. The molecule has 88 valence electrons. The van der Waals surface area contributed by atoms with Gasteiger partial charge < -0.3 is 4.57 Å². The Morgan fingerprint density at radius 1 is 1.35 bits per heavy atom. The molecule has 0 spiro atoms. The first kappa shape index (κ1) is 11.5. The van der Waals surface area contributed by atoms with Crippen LogP contribution in [-0.4, -0.2) is 20.3 Å². The fraction of sp³-hybridized carbons (Fsp3) is 0.308. The molecular weight excluding hydrogens is 214 g/mol. The van der Waals surface area contributed by atoms with E-state index in [-0.39, 0.29) is 5.78 Å². The second kappa shape index (κ2) is 5.39. The van der Waals surface area contributed by atoms with Crippen molar-refractivity contribution >= 4 is 5.78 Å². The largest absolute Gasteiger partial charge is 0.346 e. The zero-order valence-electron chi connectivity index (χ0n) is 9.84. The number of hydrogen-bond donors (Lipinski definition) is 0. The summed E-state index contributed by atoms with van der Waals surface area (Å²) in [5.41, 5.74) is 0.766. The van der Waals surface area contributed by atoms with Crippen molar-refractivity contribution in [2.45, 2.75) is 26.3 Å². The van der Waals surface area contributed by atoms with E-state index in [1.54, 1.807) is 18.5 Å². The van der Waals surface area contributed by atoms with E-state index in [2.05, 4.69) is 9.97 Å². The van der Waals surface area contributed by atoms with Gasteiger partial charge in [-0.1, -0.05) is 6.92 Å². The van der Waals surface area contributed by atoms with E-state index < -0.39 is 0 Å². The van der Waals surface area contributed by atoms with Crippen LogP contribution >= 0.6 is 0 Å². The Kier molecular flexibility index (Phi) is 3.65. The summed E-state index contributed by atoms with van der Waals surface area (Å²) in [7, 11) is 0. The lowest BCUT2D eigenvalue weighted by Crippen LogP contribution is -2.02. The van der Waals surface area contributed by atoms with Gasteiger partial charge in [0.15, 0.2) is 5.78 Å². The van der Waals surface area contributed by atoms with Crippen molar-refractivity contribution in [2.75, 3.05) is 0 Å². The van der Waals surface area contributed by atoms with Crippen LogP contribution in [0.3, 0.4) is 0 Å². The van der Waals surface area contributed by atoms with Gasteiger partial charge in [0.25, 0.3) is 0 Å². The highest BCUT2D eigenvalue weighted by atomic mass is 16.1. The van der Waals surface area contributed by atoms with Crippen molar-refractivity contribution in [1.82, 2.24) is 14.5 Å². The first-order valence-electron chi connectivity index (χ1n) is 5.74. The number of aromatic nitrogens is 3.